The van der Waals surface area contributed by atoms with Crippen LogP contribution < -0.4 is 11.1 Å². The van der Waals surface area contributed by atoms with E-state index in [1.165, 1.54) is 0 Å². The van der Waals surface area contributed by atoms with Crippen molar-refractivity contribution in [3.63, 3.8) is 0 Å². The summed E-state index contributed by atoms with van der Waals surface area (Å²) in [6.45, 7) is 3.80. The number of carbonyl (C=O) groups is 3. The van der Waals surface area contributed by atoms with E-state index in [1.807, 2.05) is 0 Å². The molecule has 1 rings (SSSR count). The molecule has 1 aliphatic heterocycles. The summed E-state index contributed by atoms with van der Waals surface area (Å²) in [4.78, 5) is 29.5. The summed E-state index contributed by atoms with van der Waals surface area (Å²) in [7, 11) is 0. The summed E-state index contributed by atoms with van der Waals surface area (Å²) in [6, 6.07) is 0. The zero-order valence-corrected chi connectivity index (χ0v) is 10.1. The van der Waals surface area contributed by atoms with Gasteiger partial charge in [0, 0.05) is 0 Å². The van der Waals surface area contributed by atoms with Crippen LogP contribution in [0.2, 0.25) is 0 Å². The van der Waals surface area contributed by atoms with Gasteiger partial charge in [0.15, 0.2) is 0 Å². The van der Waals surface area contributed by atoms with Gasteiger partial charge in [-0.1, -0.05) is 0 Å². The first kappa shape index (κ1) is 16.3. The molecule has 0 aliphatic carbocycles. The Hall–Kier alpha value is -1.67. The van der Waals surface area contributed by atoms with E-state index in [0.717, 1.165) is 13.1 Å². The van der Waals surface area contributed by atoms with E-state index < -0.39 is 17.5 Å². The van der Waals surface area contributed by atoms with Crippen molar-refractivity contribution in [1.82, 2.24) is 5.32 Å². The van der Waals surface area contributed by atoms with Crippen molar-refractivity contribution < 1.29 is 29.3 Å². The fraction of sp³-hybridized carbons (Fsp3) is 0.700. The fourth-order valence-corrected chi connectivity index (χ4v) is 1.35. The summed E-state index contributed by atoms with van der Waals surface area (Å²) in [6.07, 6.45) is 1.34. The van der Waals surface area contributed by atoms with E-state index in [0.29, 0.717) is 19.4 Å². The lowest BCUT2D eigenvalue weighted by Gasteiger charge is -2.31. The Balaban J connectivity index is 0.000000411. The van der Waals surface area contributed by atoms with Crippen LogP contribution in [0.15, 0.2) is 0 Å². The lowest BCUT2D eigenvalue weighted by Crippen LogP contribution is -2.55. The first-order valence-electron chi connectivity index (χ1n) is 5.46. The topological polar surface area (TPSA) is 139 Å². The number of hydrogen-bond donors (Lipinski definition) is 4. The van der Waals surface area contributed by atoms with Crippen LogP contribution in [0, 0.1) is 0 Å². The van der Waals surface area contributed by atoms with Gasteiger partial charge in [-0.3, -0.25) is 4.79 Å². The normalized spacial score (nSPS) is 17.0. The highest BCUT2D eigenvalue weighted by Gasteiger charge is 2.36. The minimum Gasteiger partial charge on any atom is -0.473 e. The van der Waals surface area contributed by atoms with Gasteiger partial charge >= 0.3 is 17.9 Å². The molecule has 5 N–H and O–H groups in total. The van der Waals surface area contributed by atoms with Crippen molar-refractivity contribution >= 4 is 17.9 Å². The molecule has 8 nitrogen and oxygen atoms in total. The largest absolute Gasteiger partial charge is 0.473 e. The summed E-state index contributed by atoms with van der Waals surface area (Å²) in [5.41, 5.74) is 5.14. The van der Waals surface area contributed by atoms with Gasteiger partial charge in [0.1, 0.15) is 5.54 Å². The van der Waals surface area contributed by atoms with E-state index >= 15 is 0 Å². The van der Waals surface area contributed by atoms with Gasteiger partial charge in [-0.25, -0.2) is 9.59 Å². The number of carbonyl (C=O) groups excluding carboxylic acids is 1. The van der Waals surface area contributed by atoms with Gasteiger partial charge in [0.25, 0.3) is 0 Å². The summed E-state index contributed by atoms with van der Waals surface area (Å²) in [5.74, 6) is -3.91. The Labute approximate surface area is 104 Å². The lowest BCUT2D eigenvalue weighted by atomic mass is 9.90. The smallest absolute Gasteiger partial charge is 0.414 e. The third kappa shape index (κ3) is 5.60. The Morgan fingerprint density at radius 3 is 2.00 bits per heavy atom. The van der Waals surface area contributed by atoms with Crippen LogP contribution in [0.25, 0.3) is 0 Å². The molecule has 0 unspecified atom stereocenters. The maximum absolute atomic E-state index is 11.3. The Morgan fingerprint density at radius 1 is 1.22 bits per heavy atom. The summed E-state index contributed by atoms with van der Waals surface area (Å²) < 4.78 is 4.89. The van der Waals surface area contributed by atoms with E-state index in [1.54, 1.807) is 6.92 Å². The molecule has 104 valence electrons. The molecule has 0 radical (unpaired) electrons. The number of ether oxygens (including phenoxy) is 1. The second-order valence-corrected chi connectivity index (χ2v) is 3.74. The van der Waals surface area contributed by atoms with Crippen molar-refractivity contribution in [1.29, 1.82) is 0 Å². The van der Waals surface area contributed by atoms with Crippen LogP contribution in [0.3, 0.4) is 0 Å². The highest BCUT2D eigenvalue weighted by molar-refractivity contribution is 6.27. The highest BCUT2D eigenvalue weighted by atomic mass is 16.5. The molecule has 0 aromatic carbocycles. The number of hydrogen-bond acceptors (Lipinski definition) is 6. The van der Waals surface area contributed by atoms with Crippen molar-refractivity contribution in [2.75, 3.05) is 19.7 Å². The third-order valence-electron chi connectivity index (χ3n) is 2.36. The van der Waals surface area contributed by atoms with Crippen molar-refractivity contribution in [3.05, 3.63) is 0 Å². The first-order valence-corrected chi connectivity index (χ1v) is 5.46. The quantitative estimate of drug-likeness (QED) is 0.359. The van der Waals surface area contributed by atoms with E-state index in [2.05, 4.69) is 5.32 Å². The molecule has 1 fully saturated rings. The SMILES string of the molecule is CCOC(=O)C1(N)CCNCC1.O=C(O)C(=O)O. The average Bonchev–Trinajstić information content (AvgIpc) is 2.31. The molecular weight excluding hydrogens is 244 g/mol. The molecule has 0 atom stereocenters. The van der Waals surface area contributed by atoms with E-state index in [9.17, 15) is 4.79 Å². The molecule has 0 spiro atoms. The monoisotopic (exact) mass is 262 g/mol. The maximum Gasteiger partial charge on any atom is 0.414 e. The minimum atomic E-state index is -1.82. The van der Waals surface area contributed by atoms with Crippen LogP contribution in [0.5, 0.6) is 0 Å². The van der Waals surface area contributed by atoms with Crippen molar-refractivity contribution in [2.45, 2.75) is 25.3 Å². The lowest BCUT2D eigenvalue weighted by molar-refractivity contribution is -0.159. The summed E-state index contributed by atoms with van der Waals surface area (Å²) in [5, 5.41) is 17.9. The molecule has 0 aromatic heterocycles. The second-order valence-electron chi connectivity index (χ2n) is 3.74. The predicted octanol–water partition coefficient (Wildman–Crippen LogP) is -1.21. The van der Waals surface area contributed by atoms with Gasteiger partial charge in [0.05, 0.1) is 6.61 Å². The standard InChI is InChI=1S/C8H16N2O2.C2H2O4/c1-2-12-7(11)8(9)3-5-10-6-4-8;3-1(4)2(5)6/h10H,2-6,9H2,1H3;(H,3,4)(H,5,6). The molecule has 0 amide bonds. The number of carboxylic acids is 2. The number of piperidine rings is 1. The molecule has 0 bridgehead atoms. The Morgan fingerprint density at radius 2 is 1.67 bits per heavy atom. The number of aliphatic carboxylic acids is 2. The zero-order valence-electron chi connectivity index (χ0n) is 10.1. The number of rotatable bonds is 2. The van der Waals surface area contributed by atoms with Crippen LogP contribution in [-0.2, 0) is 19.1 Å². The number of nitrogens with two attached hydrogens (primary N) is 1. The molecule has 18 heavy (non-hydrogen) atoms. The molecule has 0 aromatic rings. The molecule has 1 saturated heterocycles. The molecule has 0 saturated carbocycles. The highest BCUT2D eigenvalue weighted by Crippen LogP contribution is 2.16. The number of esters is 1. The number of carboxylic acid groups (broad SMARTS) is 2. The third-order valence-corrected chi connectivity index (χ3v) is 2.36. The average molecular weight is 262 g/mol. The van der Waals surface area contributed by atoms with E-state index in [4.69, 9.17) is 30.3 Å². The van der Waals surface area contributed by atoms with Crippen LogP contribution >= 0.6 is 0 Å². The predicted molar refractivity (Wildman–Crippen MR) is 60.9 cm³/mol. The van der Waals surface area contributed by atoms with Crippen LogP contribution in [0.1, 0.15) is 19.8 Å². The summed E-state index contributed by atoms with van der Waals surface area (Å²) >= 11 is 0. The second kappa shape index (κ2) is 7.62. The first-order chi connectivity index (χ1) is 8.33. The van der Waals surface area contributed by atoms with E-state index in [-0.39, 0.29) is 5.97 Å². The minimum absolute atomic E-state index is 0.258. The van der Waals surface area contributed by atoms with Gasteiger partial charge in [0.2, 0.25) is 0 Å². The van der Waals surface area contributed by atoms with Gasteiger partial charge in [-0.15, -0.1) is 0 Å². The molecular formula is C10H18N2O6. The van der Waals surface area contributed by atoms with Gasteiger partial charge in [-0.05, 0) is 32.9 Å². The molecule has 1 aliphatic rings. The van der Waals surface area contributed by atoms with Crippen LogP contribution in [-0.4, -0.2) is 53.4 Å². The van der Waals surface area contributed by atoms with Crippen molar-refractivity contribution in [3.8, 4) is 0 Å². The molecule has 1 heterocycles. The maximum atomic E-state index is 11.3. The van der Waals surface area contributed by atoms with Crippen molar-refractivity contribution in [2.24, 2.45) is 5.73 Å². The van der Waals surface area contributed by atoms with Crippen LogP contribution in [0.4, 0.5) is 0 Å². The zero-order chi connectivity index (χ0) is 14.2. The molecule has 8 heteroatoms. The fourth-order valence-electron chi connectivity index (χ4n) is 1.35. The van der Waals surface area contributed by atoms with Gasteiger partial charge in [-0.2, -0.15) is 0 Å². The van der Waals surface area contributed by atoms with Gasteiger partial charge < -0.3 is 26.0 Å². The Bertz CT molecular complexity index is 299. The Kier molecular flexibility index (Phi) is 6.91. The number of nitrogens with one attached hydrogen (secondary N) is 1.